The number of aryl methyl sites for hydroxylation is 1. The maximum atomic E-state index is 5.64. The summed E-state index contributed by atoms with van der Waals surface area (Å²) in [6.45, 7) is 2.01. The Kier molecular flexibility index (Phi) is 3.64. The van der Waals surface area contributed by atoms with Crippen LogP contribution in [0, 0.1) is 6.92 Å². The molecule has 88 valence electrons. The highest BCUT2D eigenvalue weighted by atomic mass is 79.9. The van der Waals surface area contributed by atoms with Gasteiger partial charge in [0.15, 0.2) is 0 Å². The number of aromatic nitrogens is 1. The molecule has 0 aliphatic rings. The first kappa shape index (κ1) is 11.9. The monoisotopic (exact) mass is 293 g/mol. The van der Waals surface area contributed by atoms with Gasteiger partial charge in [0.05, 0.1) is 7.11 Å². The van der Waals surface area contributed by atoms with Gasteiger partial charge in [-0.25, -0.2) is 0 Å². The van der Waals surface area contributed by atoms with Crippen molar-refractivity contribution in [2.75, 3.05) is 7.11 Å². The number of hydrogen-bond donors (Lipinski definition) is 0. The molecule has 0 saturated carbocycles. The molecule has 2 rings (SSSR count). The number of nitrogens with zero attached hydrogens (tertiary/aromatic N) is 1. The summed E-state index contributed by atoms with van der Waals surface area (Å²) >= 11 is 3.45. The SMILES string of the molecule is COc1cccc(Oc2ccc(Br)c(C)c2)n1. The first-order chi connectivity index (χ1) is 8.19. The van der Waals surface area contributed by atoms with Gasteiger partial charge in [-0.2, -0.15) is 4.98 Å². The third-order valence-electron chi connectivity index (χ3n) is 2.26. The molecule has 0 N–H and O–H groups in total. The Morgan fingerprint density at radius 2 is 1.88 bits per heavy atom. The van der Waals surface area contributed by atoms with Crippen molar-refractivity contribution in [1.29, 1.82) is 0 Å². The summed E-state index contributed by atoms with van der Waals surface area (Å²) in [6, 6.07) is 11.2. The Hall–Kier alpha value is -1.55. The molecule has 0 unspecified atom stereocenters. The van der Waals surface area contributed by atoms with E-state index in [-0.39, 0.29) is 0 Å². The average Bonchev–Trinajstić information content (AvgIpc) is 2.34. The summed E-state index contributed by atoms with van der Waals surface area (Å²) in [5, 5.41) is 0. The van der Waals surface area contributed by atoms with Crippen molar-refractivity contribution in [3.8, 4) is 17.5 Å². The molecule has 0 atom stereocenters. The van der Waals surface area contributed by atoms with E-state index in [9.17, 15) is 0 Å². The largest absolute Gasteiger partial charge is 0.481 e. The Morgan fingerprint density at radius 1 is 1.12 bits per heavy atom. The zero-order valence-corrected chi connectivity index (χ0v) is 11.2. The van der Waals surface area contributed by atoms with Gasteiger partial charge in [0, 0.05) is 16.6 Å². The van der Waals surface area contributed by atoms with Crippen LogP contribution in [0.15, 0.2) is 40.9 Å². The molecule has 1 aromatic carbocycles. The van der Waals surface area contributed by atoms with Crippen LogP contribution in [0.4, 0.5) is 0 Å². The molecule has 4 heteroatoms. The van der Waals surface area contributed by atoms with Crippen molar-refractivity contribution in [1.82, 2.24) is 4.98 Å². The van der Waals surface area contributed by atoms with E-state index in [0.717, 1.165) is 15.8 Å². The third kappa shape index (κ3) is 2.97. The van der Waals surface area contributed by atoms with E-state index >= 15 is 0 Å². The van der Waals surface area contributed by atoms with Crippen molar-refractivity contribution in [3.05, 3.63) is 46.4 Å². The number of rotatable bonds is 3. The first-order valence-corrected chi connectivity index (χ1v) is 5.93. The van der Waals surface area contributed by atoms with Gasteiger partial charge in [-0.1, -0.05) is 22.0 Å². The Morgan fingerprint density at radius 3 is 2.59 bits per heavy atom. The predicted molar refractivity (Wildman–Crippen MR) is 69.7 cm³/mol. The summed E-state index contributed by atoms with van der Waals surface area (Å²) in [5.41, 5.74) is 1.12. The Bertz CT molecular complexity index is 529. The fourth-order valence-corrected chi connectivity index (χ4v) is 1.61. The van der Waals surface area contributed by atoms with Crippen LogP contribution >= 0.6 is 15.9 Å². The molecular formula is C13H12BrNO2. The summed E-state index contributed by atoms with van der Waals surface area (Å²) in [4.78, 5) is 4.18. The maximum Gasteiger partial charge on any atom is 0.222 e. The molecule has 0 aliphatic carbocycles. The number of benzene rings is 1. The standard InChI is InChI=1S/C13H12BrNO2/c1-9-8-10(6-7-11(9)14)17-13-5-3-4-12(15-13)16-2/h3-8H,1-2H3. The van der Waals surface area contributed by atoms with E-state index in [1.807, 2.05) is 31.2 Å². The van der Waals surface area contributed by atoms with E-state index in [0.29, 0.717) is 11.8 Å². The van der Waals surface area contributed by atoms with E-state index in [4.69, 9.17) is 9.47 Å². The van der Waals surface area contributed by atoms with Gasteiger partial charge in [-0.15, -0.1) is 0 Å². The molecule has 0 amide bonds. The smallest absolute Gasteiger partial charge is 0.222 e. The Labute approximate surface area is 109 Å². The molecule has 2 aromatic rings. The van der Waals surface area contributed by atoms with E-state index in [1.54, 1.807) is 19.2 Å². The number of ether oxygens (including phenoxy) is 2. The number of methoxy groups -OCH3 is 1. The minimum atomic E-state index is 0.520. The van der Waals surface area contributed by atoms with Gasteiger partial charge in [0.1, 0.15) is 5.75 Å². The molecule has 17 heavy (non-hydrogen) atoms. The second-order valence-corrected chi connectivity index (χ2v) is 4.39. The van der Waals surface area contributed by atoms with Crippen molar-refractivity contribution >= 4 is 15.9 Å². The van der Waals surface area contributed by atoms with Crippen molar-refractivity contribution in [2.45, 2.75) is 6.92 Å². The van der Waals surface area contributed by atoms with Crippen LogP contribution in [0.25, 0.3) is 0 Å². The molecule has 1 heterocycles. The molecule has 0 saturated heterocycles. The van der Waals surface area contributed by atoms with Gasteiger partial charge in [-0.3, -0.25) is 0 Å². The van der Waals surface area contributed by atoms with Crippen LogP contribution in [-0.2, 0) is 0 Å². The molecule has 0 radical (unpaired) electrons. The average molecular weight is 294 g/mol. The number of hydrogen-bond acceptors (Lipinski definition) is 3. The Balaban J connectivity index is 2.22. The van der Waals surface area contributed by atoms with E-state index in [2.05, 4.69) is 20.9 Å². The fraction of sp³-hybridized carbons (Fsp3) is 0.154. The molecular weight excluding hydrogens is 282 g/mol. The van der Waals surface area contributed by atoms with Crippen molar-refractivity contribution in [2.24, 2.45) is 0 Å². The quantitative estimate of drug-likeness (QED) is 0.858. The van der Waals surface area contributed by atoms with Gasteiger partial charge < -0.3 is 9.47 Å². The molecule has 0 fully saturated rings. The molecule has 0 spiro atoms. The van der Waals surface area contributed by atoms with Gasteiger partial charge >= 0.3 is 0 Å². The number of pyridine rings is 1. The molecule has 3 nitrogen and oxygen atoms in total. The molecule has 0 bridgehead atoms. The summed E-state index contributed by atoms with van der Waals surface area (Å²) in [6.07, 6.45) is 0. The van der Waals surface area contributed by atoms with Crippen LogP contribution in [-0.4, -0.2) is 12.1 Å². The summed E-state index contributed by atoms with van der Waals surface area (Å²) < 4.78 is 11.7. The van der Waals surface area contributed by atoms with Crippen LogP contribution in [0.1, 0.15) is 5.56 Å². The zero-order valence-electron chi connectivity index (χ0n) is 9.61. The topological polar surface area (TPSA) is 31.4 Å². The third-order valence-corrected chi connectivity index (χ3v) is 3.15. The lowest BCUT2D eigenvalue weighted by atomic mass is 10.2. The summed E-state index contributed by atoms with van der Waals surface area (Å²) in [7, 11) is 1.58. The fourth-order valence-electron chi connectivity index (χ4n) is 1.37. The van der Waals surface area contributed by atoms with Crippen molar-refractivity contribution < 1.29 is 9.47 Å². The van der Waals surface area contributed by atoms with Gasteiger partial charge in [-0.05, 0) is 30.7 Å². The second-order valence-electron chi connectivity index (χ2n) is 3.53. The van der Waals surface area contributed by atoms with E-state index in [1.165, 1.54) is 0 Å². The highest BCUT2D eigenvalue weighted by Crippen LogP contribution is 2.25. The number of halogens is 1. The second kappa shape index (κ2) is 5.19. The molecule has 1 aromatic heterocycles. The normalized spacial score (nSPS) is 10.1. The van der Waals surface area contributed by atoms with Gasteiger partial charge in [0.2, 0.25) is 11.8 Å². The first-order valence-electron chi connectivity index (χ1n) is 5.14. The van der Waals surface area contributed by atoms with Gasteiger partial charge in [0.25, 0.3) is 0 Å². The highest BCUT2D eigenvalue weighted by molar-refractivity contribution is 9.10. The summed E-state index contributed by atoms with van der Waals surface area (Å²) in [5.74, 6) is 1.81. The predicted octanol–water partition coefficient (Wildman–Crippen LogP) is 3.95. The van der Waals surface area contributed by atoms with Crippen LogP contribution < -0.4 is 9.47 Å². The lowest BCUT2D eigenvalue weighted by Crippen LogP contribution is -1.91. The minimum Gasteiger partial charge on any atom is -0.481 e. The maximum absolute atomic E-state index is 5.64. The minimum absolute atomic E-state index is 0.520. The lowest BCUT2D eigenvalue weighted by molar-refractivity contribution is 0.383. The van der Waals surface area contributed by atoms with Crippen LogP contribution in [0.3, 0.4) is 0 Å². The van der Waals surface area contributed by atoms with E-state index < -0.39 is 0 Å². The lowest BCUT2D eigenvalue weighted by Gasteiger charge is -2.07. The van der Waals surface area contributed by atoms with Crippen molar-refractivity contribution in [3.63, 3.8) is 0 Å². The molecule has 0 aliphatic heterocycles. The highest BCUT2D eigenvalue weighted by Gasteiger charge is 2.02. The van der Waals surface area contributed by atoms with Crippen LogP contribution in [0.5, 0.6) is 17.5 Å². The zero-order chi connectivity index (χ0) is 12.3. The van der Waals surface area contributed by atoms with Crippen LogP contribution in [0.2, 0.25) is 0 Å².